The van der Waals surface area contributed by atoms with Crippen molar-refractivity contribution in [1.29, 1.82) is 0 Å². The van der Waals surface area contributed by atoms with Crippen molar-refractivity contribution >= 4 is 17.0 Å². The van der Waals surface area contributed by atoms with Crippen LogP contribution >= 0.6 is 11.3 Å². The third-order valence-corrected chi connectivity index (χ3v) is 3.12. The first-order chi connectivity index (χ1) is 6.74. The Morgan fingerprint density at radius 3 is 3.00 bits per heavy atom. The molecule has 0 aliphatic carbocycles. The smallest absolute Gasteiger partial charge is 0.0468 e. The molecule has 1 heterocycles. The van der Waals surface area contributed by atoms with E-state index < -0.39 is 0 Å². The van der Waals surface area contributed by atoms with Gasteiger partial charge < -0.3 is 16.2 Å². The number of nitrogens with one attached hydrogen (secondary N) is 1. The molecule has 1 rings (SSSR count). The minimum absolute atomic E-state index is 0.271. The lowest BCUT2D eigenvalue weighted by molar-refractivity contribution is 0.276. The lowest BCUT2D eigenvalue weighted by Crippen LogP contribution is -2.25. The molecule has 1 unspecified atom stereocenters. The van der Waals surface area contributed by atoms with E-state index in [0.717, 1.165) is 25.1 Å². The SMILES string of the molecule is CC(CCCO)NCc1sccc1N. The molecule has 0 aromatic carbocycles. The third kappa shape index (κ3) is 3.65. The molecule has 1 aromatic rings. The second-order valence-electron chi connectivity index (χ2n) is 3.45. The topological polar surface area (TPSA) is 58.3 Å². The van der Waals surface area contributed by atoms with Crippen LogP contribution in [0.1, 0.15) is 24.6 Å². The number of hydrogen-bond acceptors (Lipinski definition) is 4. The Kier molecular flexibility index (Phi) is 4.93. The normalized spacial score (nSPS) is 13.0. The second-order valence-corrected chi connectivity index (χ2v) is 4.45. The fourth-order valence-corrected chi connectivity index (χ4v) is 2.01. The number of rotatable bonds is 6. The molecule has 0 radical (unpaired) electrons. The minimum atomic E-state index is 0.271. The number of aliphatic hydroxyl groups is 1. The van der Waals surface area contributed by atoms with Crippen LogP contribution in [0.15, 0.2) is 11.4 Å². The molecule has 0 aliphatic heterocycles. The van der Waals surface area contributed by atoms with Crippen molar-refractivity contribution in [3.8, 4) is 0 Å². The number of aliphatic hydroxyl groups excluding tert-OH is 1. The van der Waals surface area contributed by atoms with Crippen LogP contribution in [-0.4, -0.2) is 17.8 Å². The van der Waals surface area contributed by atoms with Crippen LogP contribution in [0.4, 0.5) is 5.69 Å². The van der Waals surface area contributed by atoms with Crippen LogP contribution in [0, 0.1) is 0 Å². The zero-order valence-corrected chi connectivity index (χ0v) is 9.31. The summed E-state index contributed by atoms with van der Waals surface area (Å²) in [5.41, 5.74) is 6.63. The second kappa shape index (κ2) is 6.01. The van der Waals surface area contributed by atoms with Gasteiger partial charge in [0.25, 0.3) is 0 Å². The molecular weight excluding hydrogens is 196 g/mol. The Morgan fingerprint density at radius 1 is 1.64 bits per heavy atom. The van der Waals surface area contributed by atoms with Gasteiger partial charge in [-0.1, -0.05) is 0 Å². The highest BCUT2D eigenvalue weighted by atomic mass is 32.1. The largest absolute Gasteiger partial charge is 0.398 e. The molecule has 0 bridgehead atoms. The number of thiophene rings is 1. The van der Waals surface area contributed by atoms with E-state index in [1.165, 1.54) is 4.88 Å². The molecule has 0 saturated carbocycles. The molecule has 0 amide bonds. The van der Waals surface area contributed by atoms with Crippen molar-refractivity contribution in [3.63, 3.8) is 0 Å². The number of nitrogens with two attached hydrogens (primary N) is 1. The summed E-state index contributed by atoms with van der Waals surface area (Å²) in [6.07, 6.45) is 1.86. The third-order valence-electron chi connectivity index (χ3n) is 2.19. The van der Waals surface area contributed by atoms with Crippen LogP contribution in [-0.2, 0) is 6.54 Å². The van der Waals surface area contributed by atoms with Gasteiger partial charge in [-0.15, -0.1) is 11.3 Å². The monoisotopic (exact) mass is 214 g/mol. The molecule has 14 heavy (non-hydrogen) atoms. The summed E-state index contributed by atoms with van der Waals surface area (Å²) in [6, 6.07) is 2.36. The number of nitrogen functional groups attached to an aromatic ring is 1. The van der Waals surface area contributed by atoms with E-state index in [4.69, 9.17) is 10.8 Å². The van der Waals surface area contributed by atoms with Gasteiger partial charge in [0.2, 0.25) is 0 Å². The Hall–Kier alpha value is -0.580. The quantitative estimate of drug-likeness (QED) is 0.674. The lowest BCUT2D eigenvalue weighted by Gasteiger charge is -2.12. The van der Waals surface area contributed by atoms with E-state index in [2.05, 4.69) is 12.2 Å². The van der Waals surface area contributed by atoms with Gasteiger partial charge in [-0.25, -0.2) is 0 Å². The van der Waals surface area contributed by atoms with Crippen LogP contribution in [0.2, 0.25) is 0 Å². The van der Waals surface area contributed by atoms with E-state index in [1.807, 2.05) is 11.4 Å². The van der Waals surface area contributed by atoms with Crippen molar-refractivity contribution in [2.45, 2.75) is 32.4 Å². The maximum absolute atomic E-state index is 8.67. The van der Waals surface area contributed by atoms with Gasteiger partial charge in [0.15, 0.2) is 0 Å². The predicted molar refractivity (Wildman–Crippen MR) is 61.4 cm³/mol. The Bertz CT molecular complexity index is 262. The summed E-state index contributed by atoms with van der Waals surface area (Å²) in [5, 5.41) is 14.1. The van der Waals surface area contributed by atoms with Crippen LogP contribution in [0.5, 0.6) is 0 Å². The van der Waals surface area contributed by atoms with Gasteiger partial charge in [-0.3, -0.25) is 0 Å². The van der Waals surface area contributed by atoms with Gasteiger partial charge in [-0.2, -0.15) is 0 Å². The summed E-state index contributed by atoms with van der Waals surface area (Å²) in [4.78, 5) is 1.20. The van der Waals surface area contributed by atoms with Crippen LogP contribution < -0.4 is 11.1 Å². The highest BCUT2D eigenvalue weighted by Gasteiger charge is 2.03. The van der Waals surface area contributed by atoms with E-state index in [1.54, 1.807) is 11.3 Å². The molecule has 0 saturated heterocycles. The van der Waals surface area contributed by atoms with Gasteiger partial charge in [-0.05, 0) is 31.2 Å². The summed E-state index contributed by atoms with van der Waals surface area (Å²) < 4.78 is 0. The molecule has 3 nitrogen and oxygen atoms in total. The molecule has 1 atom stereocenters. The molecule has 4 heteroatoms. The van der Waals surface area contributed by atoms with Gasteiger partial charge in [0, 0.05) is 29.8 Å². The highest BCUT2D eigenvalue weighted by molar-refractivity contribution is 7.10. The summed E-state index contributed by atoms with van der Waals surface area (Å²) in [5.74, 6) is 0. The molecular formula is C10H18N2OS. The first-order valence-corrected chi connectivity index (χ1v) is 5.78. The highest BCUT2D eigenvalue weighted by Crippen LogP contribution is 2.18. The minimum Gasteiger partial charge on any atom is -0.398 e. The van der Waals surface area contributed by atoms with Gasteiger partial charge >= 0.3 is 0 Å². The summed E-state index contributed by atoms with van der Waals surface area (Å²) in [7, 11) is 0. The Labute approximate surface area is 88.9 Å². The fraction of sp³-hybridized carbons (Fsp3) is 0.600. The first-order valence-electron chi connectivity index (χ1n) is 4.90. The average molecular weight is 214 g/mol. The van der Waals surface area contributed by atoms with Gasteiger partial charge in [0.05, 0.1) is 0 Å². The van der Waals surface area contributed by atoms with Crippen LogP contribution in [0.25, 0.3) is 0 Å². The average Bonchev–Trinajstić information content (AvgIpc) is 2.58. The van der Waals surface area contributed by atoms with E-state index in [9.17, 15) is 0 Å². The van der Waals surface area contributed by atoms with Crippen molar-refractivity contribution in [1.82, 2.24) is 5.32 Å². The van der Waals surface area contributed by atoms with Crippen molar-refractivity contribution in [2.75, 3.05) is 12.3 Å². The first kappa shape index (κ1) is 11.5. The van der Waals surface area contributed by atoms with E-state index >= 15 is 0 Å². The molecule has 0 fully saturated rings. The molecule has 1 aromatic heterocycles. The van der Waals surface area contributed by atoms with E-state index in [0.29, 0.717) is 6.04 Å². The Morgan fingerprint density at radius 2 is 2.43 bits per heavy atom. The number of anilines is 1. The maximum Gasteiger partial charge on any atom is 0.0468 e. The maximum atomic E-state index is 8.67. The van der Waals surface area contributed by atoms with Crippen molar-refractivity contribution in [3.05, 3.63) is 16.3 Å². The zero-order valence-electron chi connectivity index (χ0n) is 8.49. The summed E-state index contributed by atoms with van der Waals surface area (Å²) in [6.45, 7) is 3.22. The standard InChI is InChI=1S/C10H18N2OS/c1-8(3-2-5-13)12-7-10-9(11)4-6-14-10/h4,6,8,12-13H,2-3,5,7,11H2,1H3. The van der Waals surface area contributed by atoms with Crippen molar-refractivity contribution in [2.24, 2.45) is 0 Å². The van der Waals surface area contributed by atoms with Crippen LogP contribution in [0.3, 0.4) is 0 Å². The summed E-state index contributed by atoms with van der Waals surface area (Å²) >= 11 is 1.68. The predicted octanol–water partition coefficient (Wildman–Crippen LogP) is 1.58. The molecule has 0 aliphatic rings. The fourth-order valence-electron chi connectivity index (χ4n) is 1.26. The molecule has 4 N–H and O–H groups in total. The lowest BCUT2D eigenvalue weighted by atomic mass is 10.2. The Balaban J connectivity index is 2.23. The van der Waals surface area contributed by atoms with Crippen molar-refractivity contribution < 1.29 is 5.11 Å². The van der Waals surface area contributed by atoms with E-state index in [-0.39, 0.29) is 6.61 Å². The number of hydrogen-bond donors (Lipinski definition) is 3. The zero-order chi connectivity index (χ0) is 10.4. The molecule has 0 spiro atoms. The van der Waals surface area contributed by atoms with Gasteiger partial charge in [0.1, 0.15) is 0 Å². The molecule has 80 valence electrons.